The first-order valence-electron chi connectivity index (χ1n) is 9.25. The van der Waals surface area contributed by atoms with Crippen LogP contribution in [0.4, 0.5) is 5.69 Å². The van der Waals surface area contributed by atoms with E-state index in [9.17, 15) is 0 Å². The number of halogens is 2. The molecule has 0 spiro atoms. The zero-order valence-corrected chi connectivity index (χ0v) is 19.6. The lowest BCUT2D eigenvalue weighted by Gasteiger charge is -2.19. The van der Waals surface area contributed by atoms with Crippen LogP contribution in [0, 0.1) is 20.8 Å². The fourth-order valence-corrected chi connectivity index (χ4v) is 4.85. The van der Waals surface area contributed by atoms with E-state index in [0.717, 1.165) is 45.5 Å². The number of alkyl halides is 1. The molecule has 0 saturated carbocycles. The van der Waals surface area contributed by atoms with Gasteiger partial charge in [0.2, 0.25) is 0 Å². The molecular formula is C20H25Br2N5. The number of pyridine rings is 1. The van der Waals surface area contributed by atoms with Gasteiger partial charge in [-0.05, 0) is 60.7 Å². The zero-order valence-electron chi connectivity index (χ0n) is 16.4. The Bertz CT molecular complexity index is 953. The zero-order chi connectivity index (χ0) is 19.7. The van der Waals surface area contributed by atoms with E-state index in [2.05, 4.69) is 94.2 Å². The van der Waals surface area contributed by atoms with Gasteiger partial charge in [-0.3, -0.25) is 0 Å². The average molecular weight is 495 g/mol. The maximum absolute atomic E-state index is 4.86. The third-order valence-corrected chi connectivity index (χ3v) is 6.29. The Labute approximate surface area is 177 Å². The van der Waals surface area contributed by atoms with E-state index in [1.165, 1.54) is 16.7 Å². The van der Waals surface area contributed by atoms with E-state index in [0.29, 0.717) is 11.4 Å². The Kier molecular flexibility index (Phi) is 6.21. The lowest BCUT2D eigenvalue weighted by molar-refractivity contribution is 0.671. The molecule has 0 bridgehead atoms. The van der Waals surface area contributed by atoms with E-state index >= 15 is 0 Å². The van der Waals surface area contributed by atoms with Gasteiger partial charge in [0, 0.05) is 11.4 Å². The molecule has 0 fully saturated rings. The van der Waals surface area contributed by atoms with Crippen LogP contribution in [0.1, 0.15) is 49.1 Å². The second kappa shape index (κ2) is 8.27. The van der Waals surface area contributed by atoms with Gasteiger partial charge in [0.15, 0.2) is 11.2 Å². The predicted molar refractivity (Wildman–Crippen MR) is 119 cm³/mol. The van der Waals surface area contributed by atoms with Crippen LogP contribution in [0.5, 0.6) is 0 Å². The van der Waals surface area contributed by atoms with Crippen molar-refractivity contribution in [3.8, 4) is 5.69 Å². The van der Waals surface area contributed by atoms with Crippen molar-refractivity contribution < 1.29 is 0 Å². The summed E-state index contributed by atoms with van der Waals surface area (Å²) < 4.78 is 2.82. The monoisotopic (exact) mass is 493 g/mol. The topological polar surface area (TPSA) is 55.6 Å². The first kappa shape index (κ1) is 20.3. The van der Waals surface area contributed by atoms with Crippen molar-refractivity contribution in [2.45, 2.75) is 58.8 Å². The molecule has 1 aromatic carbocycles. The van der Waals surface area contributed by atoms with Gasteiger partial charge in [-0.15, -0.1) is 5.10 Å². The van der Waals surface area contributed by atoms with E-state index in [4.69, 9.17) is 4.98 Å². The fourth-order valence-electron chi connectivity index (χ4n) is 3.54. The summed E-state index contributed by atoms with van der Waals surface area (Å²) in [6.45, 7) is 10.7. The second-order valence-electron chi connectivity index (χ2n) is 6.96. The molecule has 0 atom stereocenters. The van der Waals surface area contributed by atoms with Crippen LogP contribution >= 0.6 is 31.9 Å². The highest BCUT2D eigenvalue weighted by atomic mass is 79.9. The standard InChI is InChI=1S/C20H25Br2N5/c1-6-14(7-2)23-17-16(22)15(10-21)24-20-18(17)25-26-27(20)19-12(4)8-11(3)9-13(19)5/h8-9,14H,6-7,10H2,1-5H3,(H,23,24). The molecule has 3 aromatic rings. The molecule has 0 aliphatic carbocycles. The van der Waals surface area contributed by atoms with Crippen LogP contribution in [0.15, 0.2) is 16.6 Å². The highest BCUT2D eigenvalue weighted by molar-refractivity contribution is 9.11. The largest absolute Gasteiger partial charge is 0.379 e. The molecule has 27 heavy (non-hydrogen) atoms. The van der Waals surface area contributed by atoms with E-state index in [-0.39, 0.29) is 0 Å². The molecule has 1 N–H and O–H groups in total. The molecule has 5 nitrogen and oxygen atoms in total. The summed E-state index contributed by atoms with van der Waals surface area (Å²) in [6.07, 6.45) is 2.08. The lowest BCUT2D eigenvalue weighted by Crippen LogP contribution is -2.18. The third kappa shape index (κ3) is 3.76. The van der Waals surface area contributed by atoms with Crippen LogP contribution in [0.2, 0.25) is 0 Å². The SMILES string of the molecule is CCC(CC)Nc1c(Br)c(CBr)nc2c1nnn2-c1c(C)cc(C)cc1C. The summed E-state index contributed by atoms with van der Waals surface area (Å²) in [5, 5.41) is 13.3. The molecule has 144 valence electrons. The molecule has 3 rings (SSSR count). The smallest absolute Gasteiger partial charge is 0.186 e. The summed E-state index contributed by atoms with van der Waals surface area (Å²) in [5.41, 5.74) is 8.09. The van der Waals surface area contributed by atoms with Gasteiger partial charge in [0.25, 0.3) is 0 Å². The second-order valence-corrected chi connectivity index (χ2v) is 8.31. The minimum Gasteiger partial charge on any atom is -0.379 e. The average Bonchev–Trinajstić information content (AvgIpc) is 3.03. The molecule has 0 aliphatic rings. The van der Waals surface area contributed by atoms with Gasteiger partial charge in [0.05, 0.1) is 21.5 Å². The number of hydrogen-bond acceptors (Lipinski definition) is 4. The van der Waals surface area contributed by atoms with Gasteiger partial charge >= 0.3 is 0 Å². The summed E-state index contributed by atoms with van der Waals surface area (Å²) in [6, 6.07) is 4.72. The first-order valence-corrected chi connectivity index (χ1v) is 11.2. The Balaban J connectivity index is 2.27. The number of aromatic nitrogens is 4. The Morgan fingerprint density at radius 1 is 1.11 bits per heavy atom. The number of benzene rings is 1. The molecule has 0 amide bonds. The van der Waals surface area contributed by atoms with Gasteiger partial charge in [-0.1, -0.05) is 52.7 Å². The van der Waals surface area contributed by atoms with E-state index in [1.54, 1.807) is 0 Å². The van der Waals surface area contributed by atoms with E-state index < -0.39 is 0 Å². The maximum atomic E-state index is 4.86. The van der Waals surface area contributed by atoms with Crippen molar-refractivity contribution >= 4 is 48.7 Å². The lowest BCUT2D eigenvalue weighted by atomic mass is 10.1. The minimum atomic E-state index is 0.378. The fraction of sp³-hybridized carbons (Fsp3) is 0.450. The minimum absolute atomic E-state index is 0.378. The Morgan fingerprint density at radius 2 is 1.74 bits per heavy atom. The van der Waals surface area contributed by atoms with E-state index in [1.807, 2.05) is 4.68 Å². The molecule has 0 unspecified atom stereocenters. The normalized spacial score (nSPS) is 11.6. The Morgan fingerprint density at radius 3 is 2.30 bits per heavy atom. The molecule has 2 heterocycles. The molecule has 0 saturated heterocycles. The van der Waals surface area contributed by atoms with Crippen LogP contribution in [-0.4, -0.2) is 26.0 Å². The quantitative estimate of drug-likeness (QED) is 0.427. The third-order valence-electron chi connectivity index (χ3n) is 4.90. The van der Waals surface area contributed by atoms with Crippen LogP contribution in [0.25, 0.3) is 16.9 Å². The van der Waals surface area contributed by atoms with Crippen LogP contribution in [-0.2, 0) is 5.33 Å². The van der Waals surface area contributed by atoms with Crippen molar-refractivity contribution in [3.63, 3.8) is 0 Å². The molecule has 0 radical (unpaired) electrons. The Hall–Kier alpha value is -1.47. The summed E-state index contributed by atoms with van der Waals surface area (Å²) in [7, 11) is 0. The molecule has 7 heteroatoms. The number of anilines is 1. The molecule has 2 aromatic heterocycles. The predicted octanol–water partition coefficient (Wildman–Crippen LogP) is 6.00. The summed E-state index contributed by atoms with van der Waals surface area (Å²) in [4.78, 5) is 4.86. The van der Waals surface area contributed by atoms with Gasteiger partial charge in [0.1, 0.15) is 0 Å². The number of fused-ring (bicyclic) bond motifs is 1. The van der Waals surface area contributed by atoms with Crippen molar-refractivity contribution in [1.82, 2.24) is 20.0 Å². The highest BCUT2D eigenvalue weighted by Gasteiger charge is 2.21. The highest BCUT2D eigenvalue weighted by Crippen LogP contribution is 2.35. The summed E-state index contributed by atoms with van der Waals surface area (Å²) >= 11 is 7.29. The molecular weight excluding hydrogens is 470 g/mol. The van der Waals surface area contributed by atoms with Crippen molar-refractivity contribution in [1.29, 1.82) is 0 Å². The van der Waals surface area contributed by atoms with Gasteiger partial charge < -0.3 is 5.32 Å². The van der Waals surface area contributed by atoms with Crippen LogP contribution < -0.4 is 5.32 Å². The van der Waals surface area contributed by atoms with Crippen molar-refractivity contribution in [2.24, 2.45) is 0 Å². The maximum Gasteiger partial charge on any atom is 0.186 e. The number of nitrogens with one attached hydrogen (secondary N) is 1. The van der Waals surface area contributed by atoms with Gasteiger partial charge in [-0.2, -0.15) is 4.68 Å². The number of nitrogens with zero attached hydrogens (tertiary/aromatic N) is 4. The van der Waals surface area contributed by atoms with Gasteiger partial charge in [-0.25, -0.2) is 4.98 Å². The number of aryl methyl sites for hydroxylation is 3. The van der Waals surface area contributed by atoms with Crippen molar-refractivity contribution in [3.05, 3.63) is 39.0 Å². The summed E-state index contributed by atoms with van der Waals surface area (Å²) in [5.74, 6) is 0. The van der Waals surface area contributed by atoms with Crippen molar-refractivity contribution in [2.75, 3.05) is 5.32 Å². The number of rotatable bonds is 6. The van der Waals surface area contributed by atoms with Crippen LogP contribution in [0.3, 0.4) is 0 Å². The molecule has 0 aliphatic heterocycles. The number of hydrogen-bond donors (Lipinski definition) is 1. The first-order chi connectivity index (χ1) is 12.9.